The number of hydrogen-bond acceptors (Lipinski definition) is 4. The monoisotopic (exact) mass is 504 g/mol. The average Bonchev–Trinajstić information content (AvgIpc) is 3.35. The molecule has 1 aliphatic rings. The third kappa shape index (κ3) is 5.89. The second-order valence-corrected chi connectivity index (χ2v) is 9.72. The number of para-hydroxylation sites is 1. The van der Waals surface area contributed by atoms with E-state index in [9.17, 15) is 9.59 Å². The molecule has 4 rings (SSSR count). The highest BCUT2D eigenvalue weighted by atomic mass is 16.5. The van der Waals surface area contributed by atoms with Crippen LogP contribution in [-0.2, 0) is 9.53 Å². The minimum atomic E-state index is -0.521. The zero-order chi connectivity index (χ0) is 26.2. The van der Waals surface area contributed by atoms with Crippen molar-refractivity contribution in [1.29, 1.82) is 0 Å². The first-order valence-corrected chi connectivity index (χ1v) is 13.6. The molecule has 2 aromatic carbocycles. The first kappa shape index (κ1) is 26.9. The maximum atomic E-state index is 13.9. The van der Waals surface area contributed by atoms with Crippen molar-refractivity contribution in [3.8, 4) is 0 Å². The quantitative estimate of drug-likeness (QED) is 0.330. The molecule has 0 aliphatic carbocycles. The third-order valence-corrected chi connectivity index (χ3v) is 7.42. The standard InChI is InChI=1S/C30H40N4O3/c1-4-6-17-33(5-2)18-11-16-31-29(35)27-23-13-7-8-14-24(23)30(36)34(19-20-37-3)28(27)25-21-32-26-15-10-9-12-22(25)26/h7-10,12-15,21,27-28,32H,4-6,11,16-20H2,1-3H3,(H,31,35). The highest BCUT2D eigenvalue weighted by Gasteiger charge is 2.44. The lowest BCUT2D eigenvalue weighted by Gasteiger charge is -2.41. The fourth-order valence-corrected chi connectivity index (χ4v) is 5.43. The van der Waals surface area contributed by atoms with Gasteiger partial charge < -0.3 is 24.8 Å². The number of methoxy groups -OCH3 is 1. The van der Waals surface area contributed by atoms with Gasteiger partial charge in [0.25, 0.3) is 5.91 Å². The normalized spacial score (nSPS) is 17.4. The molecule has 2 N–H and O–H groups in total. The van der Waals surface area contributed by atoms with E-state index in [1.54, 1.807) is 7.11 Å². The van der Waals surface area contributed by atoms with Crippen LogP contribution in [0, 0.1) is 0 Å². The molecule has 0 saturated carbocycles. The van der Waals surface area contributed by atoms with Crippen molar-refractivity contribution >= 4 is 22.7 Å². The molecule has 37 heavy (non-hydrogen) atoms. The van der Waals surface area contributed by atoms with E-state index >= 15 is 0 Å². The van der Waals surface area contributed by atoms with Gasteiger partial charge in [-0.2, -0.15) is 0 Å². The van der Waals surface area contributed by atoms with Crippen LogP contribution in [0.4, 0.5) is 0 Å². The second kappa shape index (κ2) is 12.9. The Kier molecular flexibility index (Phi) is 9.36. The number of carbonyl (C=O) groups excluding carboxylic acids is 2. The summed E-state index contributed by atoms with van der Waals surface area (Å²) in [6.45, 7) is 8.87. The minimum absolute atomic E-state index is 0.0470. The molecule has 7 heteroatoms. The van der Waals surface area contributed by atoms with Crippen LogP contribution in [-0.4, -0.2) is 73.0 Å². The maximum Gasteiger partial charge on any atom is 0.254 e. The van der Waals surface area contributed by atoms with Crippen LogP contribution in [0.2, 0.25) is 0 Å². The molecule has 0 fully saturated rings. The second-order valence-electron chi connectivity index (χ2n) is 9.72. The van der Waals surface area contributed by atoms with Gasteiger partial charge in [-0.1, -0.05) is 56.7 Å². The van der Waals surface area contributed by atoms with E-state index in [1.807, 2.05) is 59.6 Å². The van der Waals surface area contributed by atoms with Crippen LogP contribution in [0.3, 0.4) is 0 Å². The van der Waals surface area contributed by atoms with E-state index in [1.165, 1.54) is 12.8 Å². The molecule has 3 aromatic rings. The van der Waals surface area contributed by atoms with Crippen LogP contribution in [0.25, 0.3) is 10.9 Å². The van der Waals surface area contributed by atoms with Crippen LogP contribution >= 0.6 is 0 Å². The Morgan fingerprint density at radius 2 is 1.81 bits per heavy atom. The van der Waals surface area contributed by atoms with Crippen LogP contribution < -0.4 is 5.32 Å². The average molecular weight is 505 g/mol. The van der Waals surface area contributed by atoms with Gasteiger partial charge in [0.15, 0.2) is 0 Å². The highest BCUT2D eigenvalue weighted by Crippen LogP contribution is 2.44. The Morgan fingerprint density at radius 1 is 1.05 bits per heavy atom. The SMILES string of the molecule is CCCCN(CC)CCCNC(=O)C1c2ccccc2C(=O)N(CCOC)C1c1c[nH]c2ccccc12. The van der Waals surface area contributed by atoms with E-state index in [2.05, 4.69) is 29.0 Å². The Labute approximate surface area is 220 Å². The highest BCUT2D eigenvalue weighted by molar-refractivity contribution is 6.02. The lowest BCUT2D eigenvalue weighted by Crippen LogP contribution is -2.48. The van der Waals surface area contributed by atoms with Crippen molar-refractivity contribution in [2.75, 3.05) is 46.4 Å². The number of aromatic nitrogens is 1. The molecule has 0 saturated heterocycles. The van der Waals surface area contributed by atoms with Crippen LogP contribution in [0.15, 0.2) is 54.7 Å². The summed E-state index contributed by atoms with van der Waals surface area (Å²) in [7, 11) is 1.63. The van der Waals surface area contributed by atoms with Gasteiger partial charge in [-0.05, 0) is 50.2 Å². The Bertz CT molecular complexity index is 1190. The Balaban J connectivity index is 1.64. The van der Waals surface area contributed by atoms with Crippen LogP contribution in [0.1, 0.15) is 66.6 Å². The minimum Gasteiger partial charge on any atom is -0.383 e. The molecule has 0 spiro atoms. The summed E-state index contributed by atoms with van der Waals surface area (Å²) in [6, 6.07) is 15.1. The fraction of sp³-hybridized carbons (Fsp3) is 0.467. The molecule has 198 valence electrons. The van der Waals surface area contributed by atoms with Crippen molar-refractivity contribution in [3.63, 3.8) is 0 Å². The predicted molar refractivity (Wildman–Crippen MR) is 148 cm³/mol. The van der Waals surface area contributed by atoms with E-state index in [-0.39, 0.29) is 11.8 Å². The lowest BCUT2D eigenvalue weighted by molar-refractivity contribution is -0.124. The predicted octanol–water partition coefficient (Wildman–Crippen LogP) is 4.72. The molecule has 1 aliphatic heterocycles. The number of carbonyl (C=O) groups is 2. The summed E-state index contributed by atoms with van der Waals surface area (Å²) >= 11 is 0. The van der Waals surface area contributed by atoms with Crippen molar-refractivity contribution in [1.82, 2.24) is 20.1 Å². The number of amides is 2. The van der Waals surface area contributed by atoms with E-state index in [0.717, 1.165) is 48.1 Å². The van der Waals surface area contributed by atoms with Crippen molar-refractivity contribution in [2.45, 2.75) is 45.1 Å². The largest absolute Gasteiger partial charge is 0.383 e. The molecule has 2 heterocycles. The van der Waals surface area contributed by atoms with Gasteiger partial charge in [-0.25, -0.2) is 0 Å². The summed E-state index contributed by atoms with van der Waals surface area (Å²) in [5, 5.41) is 4.24. The maximum absolute atomic E-state index is 13.9. The lowest BCUT2D eigenvalue weighted by atomic mass is 9.79. The van der Waals surface area contributed by atoms with E-state index in [0.29, 0.717) is 25.3 Å². The number of nitrogens with one attached hydrogen (secondary N) is 2. The molecular weight excluding hydrogens is 464 g/mol. The van der Waals surface area contributed by atoms with Gasteiger partial charge in [-0.15, -0.1) is 0 Å². The van der Waals surface area contributed by atoms with E-state index < -0.39 is 12.0 Å². The van der Waals surface area contributed by atoms with Crippen molar-refractivity contribution in [3.05, 3.63) is 71.4 Å². The van der Waals surface area contributed by atoms with Gasteiger partial charge >= 0.3 is 0 Å². The molecule has 2 atom stereocenters. The van der Waals surface area contributed by atoms with Gasteiger partial charge in [0.2, 0.25) is 5.91 Å². The number of unbranched alkanes of at least 4 members (excludes halogenated alkanes) is 1. The summed E-state index contributed by atoms with van der Waals surface area (Å²) < 4.78 is 5.36. The number of aromatic amines is 1. The number of H-pyrrole nitrogens is 1. The van der Waals surface area contributed by atoms with Gasteiger partial charge in [0.05, 0.1) is 18.6 Å². The molecule has 2 unspecified atom stereocenters. The number of nitrogens with zero attached hydrogens (tertiary/aromatic N) is 2. The number of benzene rings is 2. The molecule has 0 bridgehead atoms. The zero-order valence-electron chi connectivity index (χ0n) is 22.3. The Hall–Kier alpha value is -3.16. The third-order valence-electron chi connectivity index (χ3n) is 7.42. The summed E-state index contributed by atoms with van der Waals surface area (Å²) in [5.74, 6) is -0.636. The summed E-state index contributed by atoms with van der Waals surface area (Å²) in [5.41, 5.74) is 3.31. The first-order chi connectivity index (χ1) is 18.1. The Morgan fingerprint density at radius 3 is 2.59 bits per heavy atom. The molecule has 0 radical (unpaired) electrons. The zero-order valence-corrected chi connectivity index (χ0v) is 22.3. The van der Waals surface area contributed by atoms with Crippen LogP contribution in [0.5, 0.6) is 0 Å². The first-order valence-electron chi connectivity index (χ1n) is 13.6. The smallest absolute Gasteiger partial charge is 0.254 e. The van der Waals surface area contributed by atoms with Crippen molar-refractivity contribution < 1.29 is 14.3 Å². The number of rotatable bonds is 13. The molecule has 7 nitrogen and oxygen atoms in total. The molecule has 2 amide bonds. The molecular formula is C30H40N4O3. The molecule has 1 aromatic heterocycles. The van der Waals surface area contributed by atoms with Gasteiger partial charge in [0.1, 0.15) is 0 Å². The number of hydrogen-bond donors (Lipinski definition) is 2. The number of ether oxygens (including phenoxy) is 1. The summed E-state index contributed by atoms with van der Waals surface area (Å²) in [4.78, 5) is 35.2. The van der Waals surface area contributed by atoms with Crippen molar-refractivity contribution in [2.24, 2.45) is 0 Å². The number of fused-ring (bicyclic) bond motifs is 2. The fourth-order valence-electron chi connectivity index (χ4n) is 5.43. The van der Waals surface area contributed by atoms with E-state index in [4.69, 9.17) is 4.74 Å². The summed E-state index contributed by atoms with van der Waals surface area (Å²) in [6.07, 6.45) is 5.21. The topological polar surface area (TPSA) is 77.7 Å². The van der Waals surface area contributed by atoms with Gasteiger partial charge in [0, 0.05) is 48.4 Å². The van der Waals surface area contributed by atoms with Gasteiger partial charge in [-0.3, -0.25) is 9.59 Å².